The molecule has 1 saturated carbocycles. The summed E-state index contributed by atoms with van der Waals surface area (Å²) >= 11 is 0. The van der Waals surface area contributed by atoms with Crippen molar-refractivity contribution >= 4 is 0 Å². The van der Waals surface area contributed by atoms with Crippen LogP contribution in [0.15, 0.2) is 24.5 Å². The summed E-state index contributed by atoms with van der Waals surface area (Å²) in [6.07, 6.45) is 10.3. The molecule has 3 nitrogen and oxygen atoms in total. The maximum Gasteiger partial charge on any atom is 0.0774 e. The Balaban J connectivity index is 1.76. The van der Waals surface area contributed by atoms with Crippen molar-refractivity contribution in [1.82, 2.24) is 9.88 Å². The smallest absolute Gasteiger partial charge is 0.0774 e. The average Bonchev–Trinajstić information content (AvgIpc) is 2.38. The van der Waals surface area contributed by atoms with Gasteiger partial charge in [0.05, 0.1) is 5.60 Å². The maximum absolute atomic E-state index is 10.5. The van der Waals surface area contributed by atoms with Gasteiger partial charge in [-0.15, -0.1) is 0 Å². The first-order valence-corrected chi connectivity index (χ1v) is 6.98. The predicted octanol–water partition coefficient (Wildman–Crippen LogP) is 2.25. The molecule has 18 heavy (non-hydrogen) atoms. The van der Waals surface area contributed by atoms with Crippen LogP contribution in [0.3, 0.4) is 0 Å². The van der Waals surface area contributed by atoms with Crippen LogP contribution in [0.4, 0.5) is 0 Å². The summed E-state index contributed by atoms with van der Waals surface area (Å²) in [5.41, 5.74) is 0.873. The molecule has 0 aromatic carbocycles. The van der Waals surface area contributed by atoms with E-state index in [2.05, 4.69) is 29.1 Å². The molecule has 3 heteroatoms. The lowest BCUT2D eigenvalue weighted by Gasteiger charge is -2.35. The summed E-state index contributed by atoms with van der Waals surface area (Å²) in [5.74, 6) is 0. The van der Waals surface area contributed by atoms with Crippen molar-refractivity contribution in [3.8, 4) is 0 Å². The lowest BCUT2D eigenvalue weighted by Crippen LogP contribution is -2.43. The van der Waals surface area contributed by atoms with Gasteiger partial charge in [0.25, 0.3) is 0 Å². The van der Waals surface area contributed by atoms with Crippen LogP contribution in [0.2, 0.25) is 0 Å². The Morgan fingerprint density at radius 1 is 1.22 bits per heavy atom. The van der Waals surface area contributed by atoms with E-state index in [0.717, 1.165) is 32.4 Å². The number of hydrogen-bond donors (Lipinski definition) is 1. The molecule has 1 aliphatic carbocycles. The molecule has 0 amide bonds. The molecule has 0 aliphatic heterocycles. The Morgan fingerprint density at radius 2 is 1.89 bits per heavy atom. The van der Waals surface area contributed by atoms with E-state index in [1.807, 2.05) is 12.4 Å². The van der Waals surface area contributed by atoms with Gasteiger partial charge >= 0.3 is 0 Å². The molecule has 1 fully saturated rings. The average molecular weight is 248 g/mol. The summed E-state index contributed by atoms with van der Waals surface area (Å²) in [6, 6.07) is 4.12. The van der Waals surface area contributed by atoms with Crippen molar-refractivity contribution in [1.29, 1.82) is 0 Å². The van der Waals surface area contributed by atoms with Gasteiger partial charge in [0.1, 0.15) is 0 Å². The van der Waals surface area contributed by atoms with Crippen LogP contribution < -0.4 is 0 Å². The summed E-state index contributed by atoms with van der Waals surface area (Å²) in [4.78, 5) is 6.28. The molecule has 1 aromatic heterocycles. The highest BCUT2D eigenvalue weighted by Crippen LogP contribution is 2.28. The zero-order valence-corrected chi connectivity index (χ0v) is 11.3. The van der Waals surface area contributed by atoms with Crippen LogP contribution in [0, 0.1) is 0 Å². The van der Waals surface area contributed by atoms with Crippen molar-refractivity contribution in [2.24, 2.45) is 0 Å². The number of likely N-dealkylation sites (N-methyl/N-ethyl adjacent to an activating group) is 1. The Bertz CT molecular complexity index is 347. The van der Waals surface area contributed by atoms with Crippen LogP contribution in [0.5, 0.6) is 0 Å². The van der Waals surface area contributed by atoms with Gasteiger partial charge in [-0.2, -0.15) is 0 Å². The van der Waals surface area contributed by atoms with Gasteiger partial charge in [-0.25, -0.2) is 0 Å². The summed E-state index contributed by atoms with van der Waals surface area (Å²) in [5, 5.41) is 10.5. The molecule has 1 N–H and O–H groups in total. The minimum absolute atomic E-state index is 0.439. The van der Waals surface area contributed by atoms with Crippen molar-refractivity contribution < 1.29 is 5.11 Å². The second kappa shape index (κ2) is 6.30. The molecule has 0 spiro atoms. The third kappa shape index (κ3) is 4.07. The van der Waals surface area contributed by atoms with E-state index in [1.165, 1.54) is 24.8 Å². The highest BCUT2D eigenvalue weighted by molar-refractivity contribution is 5.09. The fourth-order valence-corrected chi connectivity index (χ4v) is 2.82. The molecule has 1 heterocycles. The molecule has 0 unspecified atom stereocenters. The van der Waals surface area contributed by atoms with E-state index < -0.39 is 5.60 Å². The number of aliphatic hydroxyl groups is 1. The number of hydrogen-bond acceptors (Lipinski definition) is 3. The van der Waals surface area contributed by atoms with Crippen LogP contribution in [0.1, 0.15) is 37.7 Å². The number of aromatic nitrogens is 1. The molecular weight excluding hydrogens is 224 g/mol. The van der Waals surface area contributed by atoms with Gasteiger partial charge in [-0.1, -0.05) is 19.3 Å². The third-order valence-corrected chi connectivity index (χ3v) is 3.88. The van der Waals surface area contributed by atoms with Crippen LogP contribution in [-0.4, -0.2) is 40.7 Å². The standard InChI is InChI=1S/C15H24N2O/c1-17(12-7-14-5-10-16-11-6-14)13-15(18)8-3-2-4-9-15/h5-6,10-11,18H,2-4,7-9,12-13H2,1H3. The SMILES string of the molecule is CN(CCc1ccncc1)CC1(O)CCCCC1. The van der Waals surface area contributed by atoms with Crippen LogP contribution >= 0.6 is 0 Å². The maximum atomic E-state index is 10.5. The Morgan fingerprint density at radius 3 is 2.56 bits per heavy atom. The first-order valence-electron chi connectivity index (χ1n) is 6.98. The van der Waals surface area contributed by atoms with Gasteiger partial charge in [-0.05, 0) is 44.0 Å². The van der Waals surface area contributed by atoms with Gasteiger partial charge in [0.15, 0.2) is 0 Å². The van der Waals surface area contributed by atoms with Crippen molar-refractivity contribution in [3.05, 3.63) is 30.1 Å². The van der Waals surface area contributed by atoms with E-state index >= 15 is 0 Å². The zero-order chi connectivity index (χ0) is 12.8. The summed E-state index contributed by atoms with van der Waals surface area (Å²) < 4.78 is 0. The second-order valence-corrected chi connectivity index (χ2v) is 5.63. The second-order valence-electron chi connectivity index (χ2n) is 5.63. The van der Waals surface area contributed by atoms with Crippen molar-refractivity contribution in [3.63, 3.8) is 0 Å². The lowest BCUT2D eigenvalue weighted by atomic mass is 9.84. The molecule has 1 aliphatic rings. The Labute approximate surface area is 110 Å². The monoisotopic (exact) mass is 248 g/mol. The Kier molecular flexibility index (Phi) is 4.72. The Hall–Kier alpha value is -0.930. The highest BCUT2D eigenvalue weighted by Gasteiger charge is 2.30. The van der Waals surface area contributed by atoms with E-state index in [-0.39, 0.29) is 0 Å². The minimum atomic E-state index is -0.439. The molecule has 100 valence electrons. The van der Waals surface area contributed by atoms with Crippen molar-refractivity contribution in [2.45, 2.75) is 44.1 Å². The van der Waals surface area contributed by atoms with Crippen LogP contribution in [-0.2, 0) is 6.42 Å². The number of pyridine rings is 1. The first kappa shape index (κ1) is 13.5. The van der Waals surface area contributed by atoms with Gasteiger partial charge in [-0.3, -0.25) is 4.98 Å². The quantitative estimate of drug-likeness (QED) is 0.868. The van der Waals surface area contributed by atoms with E-state index in [1.54, 1.807) is 0 Å². The lowest BCUT2D eigenvalue weighted by molar-refractivity contribution is -0.0206. The fraction of sp³-hybridized carbons (Fsp3) is 0.667. The molecule has 0 saturated heterocycles. The molecule has 0 radical (unpaired) electrons. The third-order valence-electron chi connectivity index (χ3n) is 3.88. The van der Waals surface area contributed by atoms with Gasteiger partial charge in [0, 0.05) is 25.5 Å². The molecule has 0 atom stereocenters. The fourth-order valence-electron chi connectivity index (χ4n) is 2.82. The predicted molar refractivity (Wildman–Crippen MR) is 73.5 cm³/mol. The minimum Gasteiger partial charge on any atom is -0.389 e. The van der Waals surface area contributed by atoms with Crippen LogP contribution in [0.25, 0.3) is 0 Å². The molecule has 1 aromatic rings. The largest absolute Gasteiger partial charge is 0.389 e. The van der Waals surface area contributed by atoms with E-state index in [0.29, 0.717) is 0 Å². The molecular formula is C15H24N2O. The zero-order valence-electron chi connectivity index (χ0n) is 11.3. The first-order chi connectivity index (χ1) is 8.68. The number of nitrogens with zero attached hydrogens (tertiary/aromatic N) is 2. The highest BCUT2D eigenvalue weighted by atomic mass is 16.3. The van der Waals surface area contributed by atoms with Gasteiger partial charge < -0.3 is 10.0 Å². The summed E-state index contributed by atoms with van der Waals surface area (Å²) in [6.45, 7) is 1.80. The normalized spacial score (nSPS) is 19.1. The summed E-state index contributed by atoms with van der Waals surface area (Å²) in [7, 11) is 2.10. The molecule has 0 bridgehead atoms. The molecule has 2 rings (SSSR count). The van der Waals surface area contributed by atoms with E-state index in [4.69, 9.17) is 0 Å². The van der Waals surface area contributed by atoms with Gasteiger partial charge in [0.2, 0.25) is 0 Å². The topological polar surface area (TPSA) is 36.4 Å². The van der Waals surface area contributed by atoms with Crippen molar-refractivity contribution in [2.75, 3.05) is 20.1 Å². The van der Waals surface area contributed by atoms with E-state index in [9.17, 15) is 5.11 Å². The number of rotatable bonds is 5.